The minimum atomic E-state index is -3.85. The molecule has 2 aromatic carbocycles. The molecule has 196 valence electrons. The first kappa shape index (κ1) is 29.1. The van der Waals surface area contributed by atoms with Crippen LogP contribution < -0.4 is 14.8 Å². The number of aromatic hydroxyl groups is 1. The van der Waals surface area contributed by atoms with Crippen molar-refractivity contribution in [2.45, 2.75) is 70.5 Å². The Kier molecular flexibility index (Phi) is 12.0. The molecule has 35 heavy (non-hydrogen) atoms. The standard InChI is InChI=1S/C26H40NO7P/c1-3-5-6-10-16-35(31,32)26(15-4-2,34-23-11-8-7-9-12-23)27-18-22(29)20-33-24-13-14-25(30)21(17-24)19-28/h7-9,11-14,17,22,27-30H,3-6,10,15-16,18-20H2,1-2H3,(H,31,32). The highest BCUT2D eigenvalue weighted by atomic mass is 31.2. The number of unbranched alkanes of at least 4 members (excludes halogenated alkanes) is 3. The molecule has 0 heterocycles. The smallest absolute Gasteiger partial charge is 0.257 e. The van der Waals surface area contributed by atoms with E-state index in [-0.39, 0.29) is 38.1 Å². The highest BCUT2D eigenvalue weighted by Crippen LogP contribution is 2.56. The zero-order valence-corrected chi connectivity index (χ0v) is 21.6. The van der Waals surface area contributed by atoms with Crippen molar-refractivity contribution in [3.05, 3.63) is 54.1 Å². The van der Waals surface area contributed by atoms with Gasteiger partial charge in [0.2, 0.25) is 5.47 Å². The van der Waals surface area contributed by atoms with Crippen LogP contribution in [0.15, 0.2) is 48.5 Å². The van der Waals surface area contributed by atoms with Crippen molar-refractivity contribution in [3.8, 4) is 17.2 Å². The van der Waals surface area contributed by atoms with E-state index < -0.39 is 18.9 Å². The van der Waals surface area contributed by atoms with Crippen molar-refractivity contribution in [3.63, 3.8) is 0 Å². The second-order valence-corrected chi connectivity index (χ2v) is 11.3. The van der Waals surface area contributed by atoms with E-state index in [9.17, 15) is 24.8 Å². The molecule has 0 aliphatic carbocycles. The van der Waals surface area contributed by atoms with E-state index in [1.54, 1.807) is 24.3 Å². The Labute approximate surface area is 208 Å². The van der Waals surface area contributed by atoms with Crippen LogP contribution in [0.4, 0.5) is 0 Å². The van der Waals surface area contributed by atoms with Gasteiger partial charge in [-0.15, -0.1) is 0 Å². The highest BCUT2D eigenvalue weighted by Gasteiger charge is 2.48. The van der Waals surface area contributed by atoms with Gasteiger partial charge in [0.25, 0.3) is 7.37 Å². The molecule has 0 fully saturated rings. The summed E-state index contributed by atoms with van der Waals surface area (Å²) in [6, 6.07) is 13.4. The number of para-hydroxylation sites is 1. The molecule has 0 saturated heterocycles. The molecule has 0 amide bonds. The largest absolute Gasteiger partial charge is 0.508 e. The van der Waals surface area contributed by atoms with E-state index in [1.165, 1.54) is 18.2 Å². The SMILES string of the molecule is CCCCCCP(=O)(O)C(CCC)(NCC(O)COc1ccc(O)c(CO)c1)Oc1ccccc1. The molecule has 0 spiro atoms. The number of phenols is 1. The molecule has 0 aliphatic heterocycles. The molecule has 8 nitrogen and oxygen atoms in total. The fraction of sp³-hybridized carbons (Fsp3) is 0.538. The van der Waals surface area contributed by atoms with Gasteiger partial charge in [0.15, 0.2) is 0 Å². The van der Waals surface area contributed by atoms with Crippen molar-refractivity contribution in [1.29, 1.82) is 0 Å². The van der Waals surface area contributed by atoms with Crippen molar-refractivity contribution in [2.75, 3.05) is 19.3 Å². The minimum absolute atomic E-state index is 0.0305. The molecule has 0 saturated carbocycles. The van der Waals surface area contributed by atoms with Gasteiger partial charge >= 0.3 is 0 Å². The van der Waals surface area contributed by atoms with Gasteiger partial charge in [-0.05, 0) is 36.8 Å². The summed E-state index contributed by atoms with van der Waals surface area (Å²) < 4.78 is 25.5. The van der Waals surface area contributed by atoms with Gasteiger partial charge in [0.05, 0.1) is 6.61 Å². The van der Waals surface area contributed by atoms with E-state index in [0.717, 1.165) is 19.3 Å². The van der Waals surface area contributed by atoms with Gasteiger partial charge in [-0.2, -0.15) is 0 Å². The first-order chi connectivity index (χ1) is 16.8. The predicted octanol–water partition coefficient (Wildman–Crippen LogP) is 4.60. The first-order valence-electron chi connectivity index (χ1n) is 12.3. The molecule has 0 radical (unpaired) electrons. The topological polar surface area (TPSA) is 128 Å². The average molecular weight is 510 g/mol. The third kappa shape index (κ3) is 8.81. The van der Waals surface area contributed by atoms with E-state index in [0.29, 0.717) is 29.9 Å². The van der Waals surface area contributed by atoms with E-state index >= 15 is 0 Å². The molecule has 3 atom stereocenters. The van der Waals surface area contributed by atoms with Gasteiger partial charge in [-0.3, -0.25) is 9.88 Å². The van der Waals surface area contributed by atoms with Crippen LogP contribution in [0.2, 0.25) is 0 Å². The number of aliphatic hydroxyl groups excluding tert-OH is 2. The normalized spacial score (nSPS) is 15.7. The lowest BCUT2D eigenvalue weighted by Gasteiger charge is -2.39. The Bertz CT molecular complexity index is 927. The maximum absolute atomic E-state index is 13.7. The number of aliphatic hydroxyl groups is 2. The van der Waals surface area contributed by atoms with Gasteiger partial charge in [0, 0.05) is 24.7 Å². The van der Waals surface area contributed by atoms with Crippen LogP contribution in [0.5, 0.6) is 17.2 Å². The number of benzene rings is 2. The zero-order valence-electron chi connectivity index (χ0n) is 20.7. The minimum Gasteiger partial charge on any atom is -0.508 e. The summed E-state index contributed by atoms with van der Waals surface area (Å²) in [5.41, 5.74) is -1.23. The van der Waals surface area contributed by atoms with Gasteiger partial charge in [-0.25, -0.2) is 0 Å². The van der Waals surface area contributed by atoms with Crippen LogP contribution in [0.1, 0.15) is 57.9 Å². The fourth-order valence-corrected chi connectivity index (χ4v) is 5.98. The second kappa shape index (κ2) is 14.5. The molecule has 0 aliphatic rings. The molecule has 5 N–H and O–H groups in total. The van der Waals surface area contributed by atoms with Crippen LogP contribution in [0.25, 0.3) is 0 Å². The second-order valence-electron chi connectivity index (χ2n) is 8.73. The average Bonchev–Trinajstić information content (AvgIpc) is 2.85. The monoisotopic (exact) mass is 509 g/mol. The summed E-state index contributed by atoms with van der Waals surface area (Å²) in [4.78, 5) is 11.2. The Balaban J connectivity index is 2.14. The van der Waals surface area contributed by atoms with Gasteiger partial charge < -0.3 is 29.7 Å². The van der Waals surface area contributed by atoms with Crippen molar-refractivity contribution < 1.29 is 34.3 Å². The van der Waals surface area contributed by atoms with Crippen LogP contribution in [0, 0.1) is 0 Å². The van der Waals surface area contributed by atoms with Crippen molar-refractivity contribution >= 4 is 7.37 Å². The molecular weight excluding hydrogens is 469 g/mol. The summed E-state index contributed by atoms with van der Waals surface area (Å²) in [6.45, 7) is 3.55. The van der Waals surface area contributed by atoms with E-state index in [1.807, 2.05) is 13.0 Å². The zero-order chi connectivity index (χ0) is 25.7. The van der Waals surface area contributed by atoms with Crippen LogP contribution in [-0.2, 0) is 11.2 Å². The Hall–Kier alpha value is -2.09. The van der Waals surface area contributed by atoms with Gasteiger partial charge in [0.1, 0.15) is 30.0 Å². The summed E-state index contributed by atoms with van der Waals surface area (Å²) in [7, 11) is -3.85. The van der Waals surface area contributed by atoms with Gasteiger partial charge in [-0.1, -0.05) is 57.7 Å². The predicted molar refractivity (Wildman–Crippen MR) is 137 cm³/mol. The quantitative estimate of drug-likeness (QED) is 0.119. The Morgan fingerprint density at radius 3 is 2.43 bits per heavy atom. The summed E-state index contributed by atoms with van der Waals surface area (Å²) >= 11 is 0. The number of nitrogens with one attached hydrogen (secondary N) is 1. The molecular formula is C26H40NO7P. The van der Waals surface area contributed by atoms with Crippen LogP contribution in [-0.4, -0.2) is 51.1 Å². The molecule has 2 aromatic rings. The number of rotatable bonds is 17. The van der Waals surface area contributed by atoms with Crippen LogP contribution >= 0.6 is 7.37 Å². The third-order valence-corrected chi connectivity index (χ3v) is 8.30. The van der Waals surface area contributed by atoms with E-state index in [4.69, 9.17) is 9.47 Å². The molecule has 9 heteroatoms. The lowest BCUT2D eigenvalue weighted by atomic mass is 10.2. The lowest BCUT2D eigenvalue weighted by molar-refractivity contribution is 0.0528. The molecule has 2 rings (SSSR count). The van der Waals surface area contributed by atoms with E-state index in [2.05, 4.69) is 12.2 Å². The number of hydrogen-bond acceptors (Lipinski definition) is 7. The maximum Gasteiger partial charge on any atom is 0.257 e. The summed E-state index contributed by atoms with van der Waals surface area (Å²) in [5.74, 6) is 0.819. The summed E-state index contributed by atoms with van der Waals surface area (Å²) in [5, 5.41) is 32.7. The maximum atomic E-state index is 13.7. The van der Waals surface area contributed by atoms with Crippen molar-refractivity contribution in [1.82, 2.24) is 5.32 Å². The highest BCUT2D eigenvalue weighted by molar-refractivity contribution is 7.59. The first-order valence-corrected chi connectivity index (χ1v) is 14.2. The molecule has 0 aromatic heterocycles. The lowest BCUT2D eigenvalue weighted by Crippen LogP contribution is -2.53. The van der Waals surface area contributed by atoms with Crippen LogP contribution in [0.3, 0.4) is 0 Å². The molecule has 0 bridgehead atoms. The number of ether oxygens (including phenoxy) is 2. The Morgan fingerprint density at radius 2 is 1.77 bits per heavy atom. The third-order valence-electron chi connectivity index (χ3n) is 5.78. The molecule has 3 unspecified atom stereocenters. The van der Waals surface area contributed by atoms with Crippen molar-refractivity contribution in [2.24, 2.45) is 0 Å². The summed E-state index contributed by atoms with van der Waals surface area (Å²) in [6.07, 6.45) is 3.52. The Morgan fingerprint density at radius 1 is 1.03 bits per heavy atom. The fourth-order valence-electron chi connectivity index (χ4n) is 3.81. The number of hydrogen-bond donors (Lipinski definition) is 5.